The van der Waals surface area contributed by atoms with Crippen molar-refractivity contribution in [2.24, 2.45) is 11.3 Å². The fourth-order valence-corrected chi connectivity index (χ4v) is 10.1. The zero-order chi connectivity index (χ0) is 41.7. The zero-order valence-electron chi connectivity index (χ0n) is 33.9. The molecule has 2 aromatic carbocycles. The van der Waals surface area contributed by atoms with Crippen LogP contribution in [-0.4, -0.2) is 127 Å². The van der Waals surface area contributed by atoms with Crippen LogP contribution in [0.2, 0.25) is 0 Å². The second kappa shape index (κ2) is 15.7. The Bertz CT molecular complexity index is 2300. The summed E-state index contributed by atoms with van der Waals surface area (Å²) in [5.41, 5.74) is 5.19. The van der Waals surface area contributed by atoms with Gasteiger partial charge in [-0.3, -0.25) is 39.0 Å². The topological polar surface area (TPSA) is 151 Å². The molecule has 15 nitrogen and oxygen atoms in total. The van der Waals surface area contributed by atoms with Crippen LogP contribution in [0.15, 0.2) is 54.7 Å². The number of imide groups is 2. The number of nitrogens with one attached hydrogen (secondary N) is 1. The summed E-state index contributed by atoms with van der Waals surface area (Å²) in [5, 5.41) is 2.23. The maximum absolute atomic E-state index is 13.7. The number of amides is 6. The minimum absolute atomic E-state index is 0.0680. The largest absolute Gasteiger partial charge is 0.371 e. The molecule has 0 bridgehead atoms. The van der Waals surface area contributed by atoms with Crippen LogP contribution in [0.25, 0.3) is 4.85 Å². The summed E-state index contributed by atoms with van der Waals surface area (Å²) >= 11 is 0. The van der Waals surface area contributed by atoms with Gasteiger partial charge in [0.15, 0.2) is 0 Å². The van der Waals surface area contributed by atoms with E-state index in [1.54, 1.807) is 12.1 Å². The number of aryl methyl sites for hydroxylation is 1. The zero-order valence-corrected chi connectivity index (χ0v) is 33.9. The van der Waals surface area contributed by atoms with Gasteiger partial charge in [0, 0.05) is 94.7 Å². The summed E-state index contributed by atoms with van der Waals surface area (Å²) in [6, 6.07) is 14.1. The molecule has 1 aromatic heterocycles. The van der Waals surface area contributed by atoms with E-state index in [0.29, 0.717) is 63.5 Å². The summed E-state index contributed by atoms with van der Waals surface area (Å²) in [6.45, 7) is 16.5. The van der Waals surface area contributed by atoms with Crippen LogP contribution < -0.4 is 20.0 Å². The molecule has 1 spiro atoms. The van der Waals surface area contributed by atoms with E-state index in [9.17, 15) is 28.8 Å². The Kier molecular flexibility index (Phi) is 10.3. The van der Waals surface area contributed by atoms with Crippen molar-refractivity contribution < 1.29 is 28.8 Å². The molecule has 310 valence electrons. The van der Waals surface area contributed by atoms with E-state index < -0.39 is 29.7 Å². The summed E-state index contributed by atoms with van der Waals surface area (Å²) in [4.78, 5) is 97.3. The molecule has 3 aromatic rings. The van der Waals surface area contributed by atoms with Gasteiger partial charge in [0.2, 0.25) is 17.7 Å². The lowest BCUT2D eigenvalue weighted by molar-refractivity contribution is -0.137. The second-order valence-electron chi connectivity index (χ2n) is 17.2. The Morgan fingerprint density at radius 2 is 1.40 bits per heavy atom. The molecule has 60 heavy (non-hydrogen) atoms. The third kappa shape index (κ3) is 7.22. The smallest absolute Gasteiger partial charge is 0.272 e. The van der Waals surface area contributed by atoms with Crippen LogP contribution in [0, 0.1) is 24.8 Å². The van der Waals surface area contributed by atoms with Crippen LogP contribution in [0.5, 0.6) is 0 Å². The Hall–Kier alpha value is -6.30. The lowest BCUT2D eigenvalue weighted by atomic mass is 9.77. The minimum atomic E-state index is -1.01. The van der Waals surface area contributed by atoms with Crippen molar-refractivity contribution in [2.45, 2.75) is 57.9 Å². The first-order chi connectivity index (χ1) is 29.0. The van der Waals surface area contributed by atoms with E-state index in [1.807, 2.05) is 53.3 Å². The molecule has 0 saturated carbocycles. The van der Waals surface area contributed by atoms with E-state index in [0.717, 1.165) is 73.0 Å². The van der Waals surface area contributed by atoms with Gasteiger partial charge in [-0.25, -0.2) is 0 Å². The standard InChI is InChI=1S/C45H49N9O6/c1-29-25-34(27-47-39(29)46-2)53-20-15-45(28-53)13-18-51(19-14-45)41(57)30-3-5-32(6-4-30)50-21-23-52(24-22-50)42(58)31-11-16-49(17-12-31)33-7-8-35-36(26-33)44(60)54(43(35)59)37-9-10-38(55)48-40(37)56/h3-8,25-27,31,37H,9-24,28H2,1H3,(H,48,55,56). The Morgan fingerprint density at radius 3 is 2.08 bits per heavy atom. The number of piperidine rings is 3. The number of pyridine rings is 1. The highest BCUT2D eigenvalue weighted by atomic mass is 16.2. The number of hydrogen-bond donors (Lipinski definition) is 1. The van der Waals surface area contributed by atoms with Crippen molar-refractivity contribution in [3.05, 3.63) is 88.4 Å². The van der Waals surface area contributed by atoms with Gasteiger partial charge < -0.3 is 29.3 Å². The molecule has 1 unspecified atom stereocenters. The third-order valence-corrected chi connectivity index (χ3v) is 13.8. The summed E-state index contributed by atoms with van der Waals surface area (Å²) in [6.07, 6.45) is 6.37. The van der Waals surface area contributed by atoms with E-state index >= 15 is 0 Å². The molecule has 6 amide bonds. The number of rotatable bonds is 6. The molecular weight excluding hydrogens is 763 g/mol. The second-order valence-corrected chi connectivity index (χ2v) is 17.2. The van der Waals surface area contributed by atoms with Gasteiger partial charge in [-0.2, -0.15) is 0 Å². The maximum atomic E-state index is 13.7. The van der Waals surface area contributed by atoms with Crippen LogP contribution >= 0.6 is 0 Å². The number of carbonyl (C=O) groups excluding carboxylic acids is 6. The van der Waals surface area contributed by atoms with Crippen molar-refractivity contribution in [3.63, 3.8) is 0 Å². The average molecular weight is 812 g/mol. The number of aromatic nitrogens is 1. The van der Waals surface area contributed by atoms with Gasteiger partial charge in [0.25, 0.3) is 23.5 Å². The SMILES string of the molecule is [C-]#[N+]c1ncc(N2CCC3(CCN(C(=O)c4ccc(N5CCN(C(=O)C6CCN(c7ccc8c(c7)C(=O)N(C7CCC(=O)NC7=O)C8=O)CC6)CC5)cc4)CC3)C2)cc1C. The molecular formula is C45H49N9O6. The van der Waals surface area contributed by atoms with Gasteiger partial charge in [-0.05, 0) is 105 Å². The Balaban J connectivity index is 0.727. The maximum Gasteiger partial charge on any atom is 0.272 e. The van der Waals surface area contributed by atoms with E-state index in [-0.39, 0.29) is 47.1 Å². The van der Waals surface area contributed by atoms with Crippen molar-refractivity contribution in [2.75, 3.05) is 80.1 Å². The van der Waals surface area contributed by atoms with Crippen LogP contribution in [0.1, 0.15) is 81.6 Å². The minimum Gasteiger partial charge on any atom is -0.371 e. The molecule has 6 aliphatic rings. The number of nitrogens with zero attached hydrogens (tertiary/aromatic N) is 8. The Labute approximate surface area is 349 Å². The predicted molar refractivity (Wildman–Crippen MR) is 223 cm³/mol. The molecule has 15 heteroatoms. The summed E-state index contributed by atoms with van der Waals surface area (Å²) in [5.74, 6) is -1.50. The first kappa shape index (κ1) is 39.2. The van der Waals surface area contributed by atoms with E-state index in [1.165, 1.54) is 0 Å². The number of piperazine rings is 1. The lowest BCUT2D eigenvalue weighted by Crippen LogP contribution is -2.54. The molecule has 1 N–H and O–H groups in total. The van der Waals surface area contributed by atoms with Crippen molar-refractivity contribution in [3.8, 4) is 0 Å². The monoisotopic (exact) mass is 811 g/mol. The number of anilines is 3. The number of benzene rings is 2. The van der Waals surface area contributed by atoms with Gasteiger partial charge in [0.1, 0.15) is 12.2 Å². The van der Waals surface area contributed by atoms with Gasteiger partial charge in [0.05, 0.1) is 16.8 Å². The number of fused-ring (bicyclic) bond motifs is 1. The number of carbonyl (C=O) groups is 6. The first-order valence-corrected chi connectivity index (χ1v) is 21.1. The fourth-order valence-electron chi connectivity index (χ4n) is 10.1. The predicted octanol–water partition coefficient (Wildman–Crippen LogP) is 4.04. The van der Waals surface area contributed by atoms with Crippen LogP contribution in [0.3, 0.4) is 0 Å². The molecule has 0 radical (unpaired) electrons. The molecule has 5 saturated heterocycles. The fraction of sp³-hybridized carbons (Fsp3) is 0.467. The number of likely N-dealkylation sites (tertiary alicyclic amines) is 1. The highest BCUT2D eigenvalue weighted by Gasteiger charge is 2.45. The third-order valence-electron chi connectivity index (χ3n) is 13.8. The lowest BCUT2D eigenvalue weighted by Gasteiger charge is -2.40. The van der Waals surface area contributed by atoms with Gasteiger partial charge >= 0.3 is 0 Å². The Morgan fingerprint density at radius 1 is 0.733 bits per heavy atom. The van der Waals surface area contributed by atoms with Crippen molar-refractivity contribution in [1.82, 2.24) is 25.0 Å². The molecule has 6 aliphatic heterocycles. The highest BCUT2D eigenvalue weighted by Crippen LogP contribution is 2.42. The molecule has 9 rings (SSSR count). The summed E-state index contributed by atoms with van der Waals surface area (Å²) in [7, 11) is 0. The average Bonchev–Trinajstić information content (AvgIpc) is 3.80. The van der Waals surface area contributed by atoms with E-state index in [4.69, 9.17) is 6.57 Å². The highest BCUT2D eigenvalue weighted by molar-refractivity contribution is 6.23. The summed E-state index contributed by atoms with van der Waals surface area (Å²) < 4.78 is 0. The van der Waals surface area contributed by atoms with Crippen LogP contribution in [-0.2, 0) is 14.4 Å². The van der Waals surface area contributed by atoms with Crippen molar-refractivity contribution >= 4 is 58.3 Å². The molecule has 1 atom stereocenters. The van der Waals surface area contributed by atoms with E-state index in [2.05, 4.69) is 35.9 Å². The van der Waals surface area contributed by atoms with Gasteiger partial charge in [-0.1, -0.05) is 6.57 Å². The normalized spacial score (nSPS) is 22.0. The molecule has 7 heterocycles. The quantitative estimate of drug-likeness (QED) is 0.286. The van der Waals surface area contributed by atoms with Crippen LogP contribution in [0.4, 0.5) is 22.9 Å². The van der Waals surface area contributed by atoms with Crippen molar-refractivity contribution in [1.29, 1.82) is 0 Å². The van der Waals surface area contributed by atoms with Gasteiger partial charge in [-0.15, -0.1) is 4.98 Å². The molecule has 0 aliphatic carbocycles. The molecule has 5 fully saturated rings. The first-order valence-electron chi connectivity index (χ1n) is 21.1. The number of hydrogen-bond acceptors (Lipinski definition) is 10.